The van der Waals surface area contributed by atoms with E-state index in [4.69, 9.17) is 4.74 Å². The highest BCUT2D eigenvalue weighted by Crippen LogP contribution is 2.20. The van der Waals surface area contributed by atoms with Gasteiger partial charge in [0, 0.05) is 25.4 Å². The van der Waals surface area contributed by atoms with Crippen LogP contribution in [0.5, 0.6) is 11.6 Å². The molecule has 0 saturated heterocycles. The van der Waals surface area contributed by atoms with E-state index >= 15 is 0 Å². The molecule has 0 fully saturated rings. The molecule has 0 unspecified atom stereocenters. The molecule has 2 aromatic rings. The van der Waals surface area contributed by atoms with Crippen molar-refractivity contribution in [3.05, 3.63) is 42.3 Å². The fourth-order valence-corrected chi connectivity index (χ4v) is 1.17. The summed E-state index contributed by atoms with van der Waals surface area (Å²) in [5.41, 5.74) is 0. The molecule has 0 spiro atoms. The molecule has 82 valence electrons. The van der Waals surface area contributed by atoms with E-state index in [0.29, 0.717) is 17.6 Å². The van der Waals surface area contributed by atoms with Crippen LogP contribution in [0.3, 0.4) is 0 Å². The molecule has 1 aromatic heterocycles. The molecule has 16 heavy (non-hydrogen) atoms. The third-order valence-corrected chi connectivity index (χ3v) is 1.87. The Labute approximate surface area is 92.1 Å². The van der Waals surface area contributed by atoms with Gasteiger partial charge in [0.1, 0.15) is 11.6 Å². The van der Waals surface area contributed by atoms with Crippen LogP contribution >= 0.6 is 0 Å². The standard InChI is InChI=1S/C11H10FN3O/c1-13-11-14-6-5-10(15-11)16-9-4-2-3-8(12)7-9/h2-7H,1H3,(H,13,14,15). The molecule has 1 aromatic carbocycles. The molecular formula is C11H10FN3O. The summed E-state index contributed by atoms with van der Waals surface area (Å²) in [4.78, 5) is 7.99. The zero-order chi connectivity index (χ0) is 11.4. The zero-order valence-electron chi connectivity index (χ0n) is 8.64. The van der Waals surface area contributed by atoms with E-state index in [1.165, 1.54) is 12.1 Å². The molecule has 0 aliphatic carbocycles. The first-order valence-corrected chi connectivity index (χ1v) is 4.72. The number of nitrogens with zero attached hydrogens (tertiary/aromatic N) is 2. The summed E-state index contributed by atoms with van der Waals surface area (Å²) in [6.07, 6.45) is 1.56. The molecule has 2 rings (SSSR count). The molecule has 1 N–H and O–H groups in total. The monoisotopic (exact) mass is 219 g/mol. The number of hydrogen-bond donors (Lipinski definition) is 1. The van der Waals surface area contributed by atoms with Gasteiger partial charge in [-0.2, -0.15) is 4.98 Å². The quantitative estimate of drug-likeness (QED) is 0.861. The van der Waals surface area contributed by atoms with E-state index in [1.54, 1.807) is 31.4 Å². The van der Waals surface area contributed by atoms with Crippen LogP contribution in [0.4, 0.5) is 10.3 Å². The minimum atomic E-state index is -0.347. The van der Waals surface area contributed by atoms with Gasteiger partial charge in [0.2, 0.25) is 11.8 Å². The molecule has 1 heterocycles. The maximum atomic E-state index is 12.9. The van der Waals surface area contributed by atoms with E-state index in [1.807, 2.05) is 0 Å². The number of benzene rings is 1. The van der Waals surface area contributed by atoms with Gasteiger partial charge in [-0.1, -0.05) is 6.07 Å². The topological polar surface area (TPSA) is 47.0 Å². The van der Waals surface area contributed by atoms with Gasteiger partial charge in [-0.15, -0.1) is 0 Å². The Morgan fingerprint density at radius 2 is 2.19 bits per heavy atom. The third kappa shape index (κ3) is 2.44. The summed E-state index contributed by atoms with van der Waals surface area (Å²) in [6, 6.07) is 7.48. The van der Waals surface area contributed by atoms with Gasteiger partial charge in [-0.05, 0) is 12.1 Å². The Bertz CT molecular complexity index is 490. The van der Waals surface area contributed by atoms with Crippen molar-refractivity contribution in [2.75, 3.05) is 12.4 Å². The number of hydrogen-bond acceptors (Lipinski definition) is 4. The van der Waals surface area contributed by atoms with Crippen LogP contribution in [0.2, 0.25) is 0 Å². The van der Waals surface area contributed by atoms with E-state index in [-0.39, 0.29) is 5.82 Å². The lowest BCUT2D eigenvalue weighted by Crippen LogP contribution is -1.97. The summed E-state index contributed by atoms with van der Waals surface area (Å²) in [5, 5.41) is 2.79. The van der Waals surface area contributed by atoms with Crippen LogP contribution < -0.4 is 10.1 Å². The second-order valence-corrected chi connectivity index (χ2v) is 3.03. The van der Waals surface area contributed by atoms with Crippen molar-refractivity contribution in [3.8, 4) is 11.6 Å². The van der Waals surface area contributed by atoms with E-state index in [2.05, 4.69) is 15.3 Å². The van der Waals surface area contributed by atoms with Gasteiger partial charge in [0.25, 0.3) is 0 Å². The number of rotatable bonds is 3. The zero-order valence-corrected chi connectivity index (χ0v) is 8.64. The summed E-state index contributed by atoms with van der Waals surface area (Å²) < 4.78 is 18.3. The van der Waals surface area contributed by atoms with Crippen molar-refractivity contribution in [1.82, 2.24) is 9.97 Å². The summed E-state index contributed by atoms with van der Waals surface area (Å²) in [6.45, 7) is 0. The summed E-state index contributed by atoms with van der Waals surface area (Å²) in [5.74, 6) is 0.875. The lowest BCUT2D eigenvalue weighted by molar-refractivity contribution is 0.457. The first kappa shape index (κ1) is 10.4. The number of nitrogens with one attached hydrogen (secondary N) is 1. The van der Waals surface area contributed by atoms with Crippen molar-refractivity contribution < 1.29 is 9.13 Å². The highest BCUT2D eigenvalue weighted by Gasteiger charge is 2.01. The minimum absolute atomic E-state index is 0.347. The molecule has 0 saturated carbocycles. The smallest absolute Gasteiger partial charge is 0.225 e. The third-order valence-electron chi connectivity index (χ3n) is 1.87. The van der Waals surface area contributed by atoms with Crippen molar-refractivity contribution in [1.29, 1.82) is 0 Å². The Kier molecular flexibility index (Phi) is 2.95. The largest absolute Gasteiger partial charge is 0.439 e. The predicted octanol–water partition coefficient (Wildman–Crippen LogP) is 2.45. The average molecular weight is 219 g/mol. The van der Waals surface area contributed by atoms with Crippen LogP contribution in [0.15, 0.2) is 36.5 Å². The molecule has 0 bridgehead atoms. The maximum absolute atomic E-state index is 12.9. The molecule has 4 nitrogen and oxygen atoms in total. The second-order valence-electron chi connectivity index (χ2n) is 3.03. The first-order chi connectivity index (χ1) is 7.78. The van der Waals surface area contributed by atoms with Crippen LogP contribution in [-0.4, -0.2) is 17.0 Å². The van der Waals surface area contributed by atoms with E-state index in [9.17, 15) is 4.39 Å². The number of halogens is 1. The molecular weight excluding hydrogens is 209 g/mol. The van der Waals surface area contributed by atoms with Gasteiger partial charge in [0.05, 0.1) is 0 Å². The Morgan fingerprint density at radius 1 is 1.31 bits per heavy atom. The minimum Gasteiger partial charge on any atom is -0.439 e. The molecule has 0 aliphatic rings. The predicted molar refractivity (Wildman–Crippen MR) is 58.1 cm³/mol. The number of aromatic nitrogens is 2. The second kappa shape index (κ2) is 4.57. The molecule has 0 radical (unpaired) electrons. The fraction of sp³-hybridized carbons (Fsp3) is 0.0909. The highest BCUT2D eigenvalue weighted by molar-refractivity contribution is 5.31. The first-order valence-electron chi connectivity index (χ1n) is 4.72. The van der Waals surface area contributed by atoms with Crippen LogP contribution in [-0.2, 0) is 0 Å². The van der Waals surface area contributed by atoms with Crippen molar-refractivity contribution in [3.63, 3.8) is 0 Å². The SMILES string of the molecule is CNc1nccc(Oc2cccc(F)c2)n1. The molecule has 0 aliphatic heterocycles. The lowest BCUT2D eigenvalue weighted by Gasteiger charge is -2.05. The Morgan fingerprint density at radius 3 is 2.94 bits per heavy atom. The molecule has 5 heteroatoms. The van der Waals surface area contributed by atoms with Gasteiger partial charge >= 0.3 is 0 Å². The lowest BCUT2D eigenvalue weighted by atomic mass is 10.3. The van der Waals surface area contributed by atoms with Crippen molar-refractivity contribution >= 4 is 5.95 Å². The van der Waals surface area contributed by atoms with Gasteiger partial charge in [-0.3, -0.25) is 0 Å². The van der Waals surface area contributed by atoms with Crippen LogP contribution in [0.25, 0.3) is 0 Å². The average Bonchev–Trinajstić information content (AvgIpc) is 2.29. The van der Waals surface area contributed by atoms with Crippen LogP contribution in [0.1, 0.15) is 0 Å². The van der Waals surface area contributed by atoms with Crippen LogP contribution in [0, 0.1) is 5.82 Å². The van der Waals surface area contributed by atoms with E-state index in [0.717, 1.165) is 0 Å². The molecule has 0 amide bonds. The van der Waals surface area contributed by atoms with Crippen molar-refractivity contribution in [2.45, 2.75) is 0 Å². The molecule has 0 atom stereocenters. The summed E-state index contributed by atoms with van der Waals surface area (Å²) >= 11 is 0. The summed E-state index contributed by atoms with van der Waals surface area (Å²) in [7, 11) is 1.71. The normalized spacial score (nSPS) is 9.88. The fourth-order valence-electron chi connectivity index (χ4n) is 1.17. The van der Waals surface area contributed by atoms with E-state index < -0.39 is 0 Å². The van der Waals surface area contributed by atoms with Gasteiger partial charge < -0.3 is 10.1 Å². The Balaban J connectivity index is 2.20. The van der Waals surface area contributed by atoms with Crippen molar-refractivity contribution in [2.24, 2.45) is 0 Å². The van der Waals surface area contributed by atoms with Gasteiger partial charge in [-0.25, -0.2) is 9.37 Å². The number of ether oxygens (including phenoxy) is 1. The highest BCUT2D eigenvalue weighted by atomic mass is 19.1. The Hall–Kier alpha value is -2.17. The van der Waals surface area contributed by atoms with Gasteiger partial charge in [0.15, 0.2) is 0 Å². The maximum Gasteiger partial charge on any atom is 0.225 e. The number of anilines is 1.